The number of nitrogens with zero attached hydrogens (tertiary/aromatic N) is 1. The van der Waals surface area contributed by atoms with E-state index in [1.54, 1.807) is 0 Å². The highest BCUT2D eigenvalue weighted by molar-refractivity contribution is 6.30. The fourth-order valence-electron chi connectivity index (χ4n) is 2.89. The zero-order valence-electron chi connectivity index (χ0n) is 11.3. The molecule has 3 rings (SSSR count). The average molecular weight is 279 g/mol. The third-order valence-corrected chi connectivity index (χ3v) is 4.46. The van der Waals surface area contributed by atoms with Gasteiger partial charge in [0.15, 0.2) is 0 Å². The van der Waals surface area contributed by atoms with Crippen molar-refractivity contribution >= 4 is 17.5 Å². The Hall–Kier alpha value is -1.06. The van der Waals surface area contributed by atoms with E-state index in [-0.39, 0.29) is 18.1 Å². The first-order valence-electron chi connectivity index (χ1n) is 6.95. The van der Waals surface area contributed by atoms with Crippen LogP contribution in [-0.4, -0.2) is 22.9 Å². The Morgan fingerprint density at radius 1 is 1.37 bits per heavy atom. The van der Waals surface area contributed by atoms with Crippen LogP contribution in [0.5, 0.6) is 0 Å². The van der Waals surface area contributed by atoms with Gasteiger partial charge < -0.3 is 4.90 Å². The normalized spacial score (nSPS) is 33.8. The van der Waals surface area contributed by atoms with Crippen molar-refractivity contribution in [3.05, 3.63) is 34.9 Å². The highest BCUT2D eigenvalue weighted by atomic mass is 35.5. The zero-order chi connectivity index (χ0) is 13.6. The van der Waals surface area contributed by atoms with Crippen LogP contribution in [0.1, 0.15) is 38.4 Å². The summed E-state index contributed by atoms with van der Waals surface area (Å²) in [6, 6.07) is 8.13. The fourth-order valence-corrected chi connectivity index (χ4v) is 3.01. The number of carbonyl (C=O) groups excluding carboxylic acids is 1. The van der Waals surface area contributed by atoms with Gasteiger partial charge in [0.1, 0.15) is 6.17 Å². The van der Waals surface area contributed by atoms with Crippen molar-refractivity contribution in [3.8, 4) is 0 Å². The van der Waals surface area contributed by atoms with Gasteiger partial charge in [0, 0.05) is 11.1 Å². The number of carbonyl (C=O) groups is 1. The minimum absolute atomic E-state index is 0.00432. The monoisotopic (exact) mass is 278 g/mol. The third kappa shape index (κ3) is 2.26. The predicted molar refractivity (Wildman–Crippen MR) is 75.8 cm³/mol. The van der Waals surface area contributed by atoms with E-state index in [1.807, 2.05) is 36.1 Å². The lowest BCUT2D eigenvalue weighted by Crippen LogP contribution is -2.33. The maximum Gasteiger partial charge on any atom is 0.241 e. The van der Waals surface area contributed by atoms with Gasteiger partial charge >= 0.3 is 0 Å². The van der Waals surface area contributed by atoms with E-state index >= 15 is 0 Å². The topological polar surface area (TPSA) is 32.3 Å². The first kappa shape index (κ1) is 12.9. The van der Waals surface area contributed by atoms with E-state index in [1.165, 1.54) is 0 Å². The Morgan fingerprint density at radius 3 is 2.53 bits per heavy atom. The van der Waals surface area contributed by atoms with Gasteiger partial charge in [-0.15, -0.1) is 0 Å². The minimum atomic E-state index is -0.0477. The van der Waals surface area contributed by atoms with Crippen LogP contribution < -0.4 is 5.32 Å². The van der Waals surface area contributed by atoms with Crippen molar-refractivity contribution < 1.29 is 4.79 Å². The van der Waals surface area contributed by atoms with E-state index in [0.717, 1.165) is 23.4 Å². The molecule has 102 valence electrons. The van der Waals surface area contributed by atoms with Gasteiger partial charge in [-0.3, -0.25) is 10.1 Å². The van der Waals surface area contributed by atoms with Crippen molar-refractivity contribution in [1.29, 1.82) is 0 Å². The van der Waals surface area contributed by atoms with Crippen molar-refractivity contribution in [2.45, 2.75) is 44.9 Å². The third-order valence-electron chi connectivity index (χ3n) is 4.21. The first-order chi connectivity index (χ1) is 9.11. The first-order valence-corrected chi connectivity index (χ1v) is 7.33. The Bertz CT molecular complexity index is 487. The second-order valence-electron chi connectivity index (χ2n) is 5.61. The maximum atomic E-state index is 12.5. The van der Waals surface area contributed by atoms with Crippen LogP contribution >= 0.6 is 11.6 Å². The van der Waals surface area contributed by atoms with E-state index in [0.29, 0.717) is 12.0 Å². The summed E-state index contributed by atoms with van der Waals surface area (Å²) < 4.78 is 0. The van der Waals surface area contributed by atoms with Crippen LogP contribution in [0.3, 0.4) is 0 Å². The van der Waals surface area contributed by atoms with Crippen molar-refractivity contribution in [2.75, 3.05) is 0 Å². The summed E-state index contributed by atoms with van der Waals surface area (Å²) >= 11 is 5.94. The minimum Gasteiger partial charge on any atom is -0.318 e. The fraction of sp³-hybridized carbons (Fsp3) is 0.533. The molecule has 1 aromatic rings. The van der Waals surface area contributed by atoms with Gasteiger partial charge in [-0.2, -0.15) is 0 Å². The Labute approximate surface area is 118 Å². The smallest absolute Gasteiger partial charge is 0.241 e. The molecule has 2 fully saturated rings. The zero-order valence-corrected chi connectivity index (χ0v) is 12.0. The molecule has 4 unspecified atom stereocenters. The average Bonchev–Trinajstić information content (AvgIpc) is 3.01. The van der Waals surface area contributed by atoms with Crippen molar-refractivity contribution in [1.82, 2.24) is 10.2 Å². The van der Waals surface area contributed by atoms with Gasteiger partial charge in [0.25, 0.3) is 0 Å². The Morgan fingerprint density at radius 2 is 2.00 bits per heavy atom. The van der Waals surface area contributed by atoms with Gasteiger partial charge in [0.2, 0.25) is 5.91 Å². The largest absolute Gasteiger partial charge is 0.318 e. The summed E-state index contributed by atoms with van der Waals surface area (Å²) in [5, 5.41) is 4.18. The maximum absolute atomic E-state index is 12.5. The number of rotatable bonds is 3. The van der Waals surface area contributed by atoms with Crippen LogP contribution in [0.4, 0.5) is 0 Å². The van der Waals surface area contributed by atoms with Crippen LogP contribution in [0.15, 0.2) is 24.3 Å². The molecule has 0 aromatic heterocycles. The molecule has 4 atom stereocenters. The quantitative estimate of drug-likeness (QED) is 0.922. The highest BCUT2D eigenvalue weighted by Gasteiger charge is 2.49. The molecule has 4 heteroatoms. The highest BCUT2D eigenvalue weighted by Crippen LogP contribution is 2.42. The molecule has 1 aliphatic carbocycles. The molecule has 1 aromatic carbocycles. The van der Waals surface area contributed by atoms with Crippen LogP contribution in [0, 0.1) is 5.92 Å². The van der Waals surface area contributed by atoms with Crippen LogP contribution in [0.25, 0.3) is 0 Å². The number of nitrogens with one attached hydrogen (secondary N) is 1. The van der Waals surface area contributed by atoms with E-state index in [2.05, 4.69) is 12.2 Å². The molecule has 1 aliphatic heterocycles. The van der Waals surface area contributed by atoms with Crippen molar-refractivity contribution in [2.24, 2.45) is 5.92 Å². The summed E-state index contributed by atoms with van der Waals surface area (Å²) in [4.78, 5) is 14.5. The second kappa shape index (κ2) is 4.80. The summed E-state index contributed by atoms with van der Waals surface area (Å²) in [5.74, 6) is 0.868. The molecule has 0 radical (unpaired) electrons. The lowest BCUT2D eigenvalue weighted by Gasteiger charge is -2.25. The molecule has 19 heavy (non-hydrogen) atoms. The molecule has 1 saturated carbocycles. The van der Waals surface area contributed by atoms with Crippen LogP contribution in [0.2, 0.25) is 5.02 Å². The number of hydrogen-bond acceptors (Lipinski definition) is 2. The molecular weight excluding hydrogens is 260 g/mol. The molecular formula is C15H19ClN2O. The Balaban J connectivity index is 1.89. The van der Waals surface area contributed by atoms with E-state index in [9.17, 15) is 4.79 Å². The van der Waals surface area contributed by atoms with Gasteiger partial charge in [-0.1, -0.05) is 37.6 Å². The molecule has 1 amide bonds. The summed E-state index contributed by atoms with van der Waals surface area (Å²) in [5.41, 5.74) is 1.12. The number of amides is 1. The SMILES string of the molecule is CCC1NC(c2ccc(Cl)cc2)N(C2CC2C)C1=O. The molecule has 1 saturated heterocycles. The molecule has 1 heterocycles. The molecule has 2 aliphatic rings. The van der Waals surface area contributed by atoms with Gasteiger partial charge in [0.05, 0.1) is 6.04 Å². The van der Waals surface area contributed by atoms with Crippen LogP contribution in [-0.2, 0) is 4.79 Å². The summed E-state index contributed by atoms with van der Waals surface area (Å²) in [7, 11) is 0. The van der Waals surface area contributed by atoms with E-state index in [4.69, 9.17) is 11.6 Å². The summed E-state index contributed by atoms with van der Waals surface area (Å²) in [6.07, 6.45) is 1.96. The standard InChI is InChI=1S/C15H19ClN2O/c1-3-12-15(19)18(13-8-9(13)2)14(17-12)10-4-6-11(16)7-5-10/h4-7,9,12-14,17H,3,8H2,1-2H3. The number of hydrogen-bond donors (Lipinski definition) is 1. The second-order valence-corrected chi connectivity index (χ2v) is 6.04. The lowest BCUT2D eigenvalue weighted by atomic mass is 10.1. The van der Waals surface area contributed by atoms with Crippen molar-refractivity contribution in [3.63, 3.8) is 0 Å². The molecule has 3 nitrogen and oxygen atoms in total. The van der Waals surface area contributed by atoms with E-state index < -0.39 is 0 Å². The predicted octanol–water partition coefficient (Wildman–Crippen LogP) is 2.96. The van der Waals surface area contributed by atoms with Gasteiger partial charge in [-0.05, 0) is 36.5 Å². The molecule has 0 spiro atoms. The number of benzene rings is 1. The Kier molecular flexibility index (Phi) is 3.27. The molecule has 0 bridgehead atoms. The number of halogens is 1. The molecule has 1 N–H and O–H groups in total. The van der Waals surface area contributed by atoms with Gasteiger partial charge in [-0.25, -0.2) is 0 Å². The summed E-state index contributed by atoms with van der Waals surface area (Å²) in [6.45, 7) is 4.25. The lowest BCUT2D eigenvalue weighted by molar-refractivity contribution is -0.130.